The first kappa shape index (κ1) is 15.7. The molecule has 2 unspecified atom stereocenters. The van der Waals surface area contributed by atoms with E-state index in [0.29, 0.717) is 32.2 Å². The molecule has 2 fully saturated rings. The Bertz CT molecular complexity index is 446. The van der Waals surface area contributed by atoms with Gasteiger partial charge in [-0.25, -0.2) is 8.42 Å². The van der Waals surface area contributed by atoms with E-state index in [9.17, 15) is 18.3 Å². The van der Waals surface area contributed by atoms with E-state index in [2.05, 4.69) is 0 Å². The predicted octanol–water partition coefficient (Wildman–Crippen LogP) is 0.806. The fourth-order valence-electron chi connectivity index (χ4n) is 3.16. The van der Waals surface area contributed by atoms with Crippen molar-refractivity contribution < 1.29 is 23.4 Å². The van der Waals surface area contributed by atoms with Crippen LogP contribution in [-0.2, 0) is 14.8 Å². The molecule has 2 aliphatic rings. The van der Waals surface area contributed by atoms with Crippen molar-refractivity contribution in [3.8, 4) is 0 Å². The minimum Gasteiger partial charge on any atom is -0.481 e. The van der Waals surface area contributed by atoms with Gasteiger partial charge < -0.3 is 10.2 Å². The molecule has 2 rings (SSSR count). The van der Waals surface area contributed by atoms with Gasteiger partial charge in [0.05, 0.1) is 11.2 Å². The van der Waals surface area contributed by atoms with Crippen molar-refractivity contribution in [2.75, 3.05) is 13.2 Å². The number of sulfonamides is 1. The molecular formula is C13H23NO5S. The molecule has 0 saturated heterocycles. The van der Waals surface area contributed by atoms with Gasteiger partial charge in [-0.2, -0.15) is 4.31 Å². The molecule has 6 nitrogen and oxygen atoms in total. The Balaban J connectivity index is 2.18. The molecule has 2 atom stereocenters. The molecule has 0 aromatic carbocycles. The Labute approximate surface area is 119 Å². The minimum atomic E-state index is -3.59. The van der Waals surface area contributed by atoms with Gasteiger partial charge in [0.25, 0.3) is 0 Å². The summed E-state index contributed by atoms with van der Waals surface area (Å²) in [6.45, 7) is 0.248. The molecule has 0 aromatic heterocycles. The van der Waals surface area contributed by atoms with Crippen LogP contribution in [0.3, 0.4) is 0 Å². The normalized spacial score (nSPS) is 27.7. The summed E-state index contributed by atoms with van der Waals surface area (Å²) in [5.74, 6) is -1.79. The number of hydrogen-bond acceptors (Lipinski definition) is 4. The lowest BCUT2D eigenvalue weighted by atomic mass is 9.93. The number of nitrogens with zero attached hydrogens (tertiary/aromatic N) is 1. The van der Waals surface area contributed by atoms with Crippen molar-refractivity contribution in [3.05, 3.63) is 0 Å². The summed E-state index contributed by atoms with van der Waals surface area (Å²) in [5.41, 5.74) is 0. The van der Waals surface area contributed by atoms with Gasteiger partial charge in [0.15, 0.2) is 0 Å². The number of carboxylic acids is 1. The molecule has 0 aliphatic heterocycles. The highest BCUT2D eigenvalue weighted by atomic mass is 32.2. The molecule has 20 heavy (non-hydrogen) atoms. The van der Waals surface area contributed by atoms with Crippen LogP contribution in [0.15, 0.2) is 0 Å². The average Bonchev–Trinajstić information content (AvgIpc) is 2.81. The monoisotopic (exact) mass is 305 g/mol. The van der Waals surface area contributed by atoms with Crippen LogP contribution in [0.5, 0.6) is 0 Å². The van der Waals surface area contributed by atoms with E-state index in [1.165, 1.54) is 4.31 Å². The van der Waals surface area contributed by atoms with Crippen molar-refractivity contribution in [2.24, 2.45) is 5.92 Å². The van der Waals surface area contributed by atoms with Gasteiger partial charge in [0, 0.05) is 19.2 Å². The summed E-state index contributed by atoms with van der Waals surface area (Å²) < 4.78 is 27.0. The van der Waals surface area contributed by atoms with Crippen molar-refractivity contribution in [1.29, 1.82) is 0 Å². The molecule has 2 aliphatic carbocycles. The molecule has 116 valence electrons. The van der Waals surface area contributed by atoms with E-state index < -0.39 is 27.2 Å². The van der Waals surface area contributed by atoms with Crippen LogP contribution in [0.25, 0.3) is 0 Å². The number of carbonyl (C=O) groups is 1. The smallest absolute Gasteiger partial charge is 0.307 e. The molecule has 0 radical (unpaired) electrons. The topological polar surface area (TPSA) is 94.9 Å². The predicted molar refractivity (Wildman–Crippen MR) is 73.7 cm³/mol. The number of aliphatic carboxylic acids is 1. The Hall–Kier alpha value is -0.660. The third-order valence-corrected chi connectivity index (χ3v) is 6.96. The maximum absolute atomic E-state index is 12.8. The zero-order chi connectivity index (χ0) is 14.8. The molecule has 7 heteroatoms. The number of aliphatic hydroxyl groups is 1. The SMILES string of the molecule is O=C(O)C1CCCC1S(=O)(=O)N(CCCO)C1CCC1. The van der Waals surface area contributed by atoms with Crippen molar-refractivity contribution in [3.63, 3.8) is 0 Å². The fourth-order valence-corrected chi connectivity index (χ4v) is 5.65. The molecule has 0 amide bonds. The summed E-state index contributed by atoms with van der Waals surface area (Å²) in [6, 6.07) is 0.00148. The molecule has 0 spiro atoms. The maximum Gasteiger partial charge on any atom is 0.307 e. The van der Waals surface area contributed by atoms with Gasteiger partial charge in [0.2, 0.25) is 10.0 Å². The Morgan fingerprint density at radius 1 is 1.15 bits per heavy atom. The fraction of sp³-hybridized carbons (Fsp3) is 0.923. The Morgan fingerprint density at radius 2 is 1.80 bits per heavy atom. The summed E-state index contributed by atoms with van der Waals surface area (Å²) in [6.07, 6.45) is 4.63. The lowest BCUT2D eigenvalue weighted by molar-refractivity contribution is -0.141. The van der Waals surface area contributed by atoms with E-state index in [1.807, 2.05) is 0 Å². The zero-order valence-corrected chi connectivity index (χ0v) is 12.4. The summed E-state index contributed by atoms with van der Waals surface area (Å²) in [5, 5.41) is 17.3. The molecular weight excluding hydrogens is 282 g/mol. The molecule has 2 saturated carbocycles. The Kier molecular flexibility index (Phi) is 5.04. The standard InChI is InChI=1S/C13H23NO5S/c15-9-3-8-14(10-4-1-5-10)20(18,19)12-7-2-6-11(12)13(16)17/h10-12,15H,1-9H2,(H,16,17). The number of rotatable bonds is 7. The molecule has 0 heterocycles. The van der Waals surface area contributed by atoms with Crippen LogP contribution >= 0.6 is 0 Å². The van der Waals surface area contributed by atoms with Gasteiger partial charge in [-0.3, -0.25) is 4.79 Å². The highest BCUT2D eigenvalue weighted by Crippen LogP contribution is 2.36. The minimum absolute atomic E-state index is 0.00148. The number of hydrogen-bond donors (Lipinski definition) is 2. The third kappa shape index (κ3) is 2.99. The summed E-state index contributed by atoms with van der Waals surface area (Å²) in [7, 11) is -3.59. The van der Waals surface area contributed by atoms with E-state index >= 15 is 0 Å². The van der Waals surface area contributed by atoms with E-state index in [-0.39, 0.29) is 12.6 Å². The van der Waals surface area contributed by atoms with Crippen LogP contribution in [0.1, 0.15) is 44.9 Å². The lowest BCUT2D eigenvalue weighted by Crippen LogP contribution is -2.50. The second kappa shape index (κ2) is 6.41. The van der Waals surface area contributed by atoms with Crippen LogP contribution in [0, 0.1) is 5.92 Å². The maximum atomic E-state index is 12.8. The van der Waals surface area contributed by atoms with Crippen LogP contribution in [0.2, 0.25) is 0 Å². The van der Waals surface area contributed by atoms with E-state index in [1.54, 1.807) is 0 Å². The van der Waals surface area contributed by atoms with Crippen molar-refractivity contribution >= 4 is 16.0 Å². The first-order valence-corrected chi connectivity index (χ1v) is 8.83. The largest absolute Gasteiger partial charge is 0.481 e. The zero-order valence-electron chi connectivity index (χ0n) is 11.6. The molecule has 0 bridgehead atoms. The Morgan fingerprint density at radius 3 is 2.30 bits per heavy atom. The second-order valence-corrected chi connectivity index (χ2v) is 7.84. The van der Waals surface area contributed by atoms with Crippen molar-refractivity contribution in [1.82, 2.24) is 4.31 Å². The first-order chi connectivity index (χ1) is 9.48. The third-order valence-electron chi connectivity index (χ3n) is 4.50. The number of carboxylic acid groups (broad SMARTS) is 1. The average molecular weight is 305 g/mol. The van der Waals surface area contributed by atoms with E-state index in [4.69, 9.17) is 5.11 Å². The lowest BCUT2D eigenvalue weighted by Gasteiger charge is -2.38. The van der Waals surface area contributed by atoms with Crippen LogP contribution in [0.4, 0.5) is 0 Å². The van der Waals surface area contributed by atoms with Gasteiger partial charge in [0.1, 0.15) is 0 Å². The molecule has 2 N–H and O–H groups in total. The van der Waals surface area contributed by atoms with Crippen molar-refractivity contribution in [2.45, 2.75) is 56.2 Å². The highest BCUT2D eigenvalue weighted by Gasteiger charge is 2.46. The van der Waals surface area contributed by atoms with Gasteiger partial charge >= 0.3 is 5.97 Å². The van der Waals surface area contributed by atoms with Gasteiger partial charge in [-0.05, 0) is 32.1 Å². The quantitative estimate of drug-likeness (QED) is 0.725. The van der Waals surface area contributed by atoms with Crippen LogP contribution in [-0.4, -0.2) is 53.3 Å². The number of aliphatic hydroxyl groups excluding tert-OH is 1. The summed E-state index contributed by atoms with van der Waals surface area (Å²) >= 11 is 0. The van der Waals surface area contributed by atoms with E-state index in [0.717, 1.165) is 19.3 Å². The van der Waals surface area contributed by atoms with Gasteiger partial charge in [-0.15, -0.1) is 0 Å². The van der Waals surface area contributed by atoms with Crippen LogP contribution < -0.4 is 0 Å². The van der Waals surface area contributed by atoms with Gasteiger partial charge in [-0.1, -0.05) is 12.8 Å². The molecule has 0 aromatic rings. The highest BCUT2D eigenvalue weighted by molar-refractivity contribution is 7.89. The summed E-state index contributed by atoms with van der Waals surface area (Å²) in [4.78, 5) is 11.2. The first-order valence-electron chi connectivity index (χ1n) is 7.32. The second-order valence-electron chi connectivity index (χ2n) is 5.73.